The predicted octanol–water partition coefficient (Wildman–Crippen LogP) is 2.24. The Morgan fingerprint density at radius 3 is 2.60 bits per heavy atom. The molecule has 1 aliphatic heterocycles. The summed E-state index contributed by atoms with van der Waals surface area (Å²) in [6, 6.07) is 8.46. The molecule has 1 heterocycles. The summed E-state index contributed by atoms with van der Waals surface area (Å²) in [5.41, 5.74) is 8.33. The molecule has 1 saturated heterocycles. The summed E-state index contributed by atoms with van der Waals surface area (Å²) in [7, 11) is 0. The normalized spacial score (nSPS) is 16.9. The van der Waals surface area contributed by atoms with Crippen molar-refractivity contribution in [2.75, 3.05) is 18.0 Å². The highest BCUT2D eigenvalue weighted by Gasteiger charge is 2.29. The molecule has 0 aromatic heterocycles. The number of anilines is 1. The fourth-order valence-corrected chi connectivity index (χ4v) is 2.12. The van der Waals surface area contributed by atoms with Crippen LogP contribution in [0.1, 0.15) is 19.4 Å². The van der Waals surface area contributed by atoms with Gasteiger partial charge in [-0.3, -0.25) is 0 Å². The van der Waals surface area contributed by atoms with Crippen molar-refractivity contribution in [2.45, 2.75) is 20.4 Å². The van der Waals surface area contributed by atoms with Crippen molar-refractivity contribution in [3.05, 3.63) is 29.8 Å². The molecule has 1 fully saturated rings. The second-order valence-electron chi connectivity index (χ2n) is 4.74. The lowest BCUT2D eigenvalue weighted by molar-refractivity contribution is 0.309. The lowest BCUT2D eigenvalue weighted by Crippen LogP contribution is -2.49. The quantitative estimate of drug-likeness (QED) is 0.818. The van der Waals surface area contributed by atoms with Gasteiger partial charge in [-0.25, -0.2) is 0 Å². The first-order valence-electron chi connectivity index (χ1n) is 5.75. The van der Waals surface area contributed by atoms with Crippen LogP contribution in [0.25, 0.3) is 0 Å². The molecule has 0 saturated carbocycles. The van der Waals surface area contributed by atoms with Crippen LogP contribution < -0.4 is 10.6 Å². The lowest BCUT2D eigenvalue weighted by Gasteiger charge is -2.44. The SMILES string of the molecule is CC(C)C1CN(c2ccccc2CN)C1. The van der Waals surface area contributed by atoms with E-state index in [0.29, 0.717) is 6.54 Å². The molecule has 0 radical (unpaired) electrons. The molecule has 0 atom stereocenters. The van der Waals surface area contributed by atoms with Gasteiger partial charge in [-0.05, 0) is 23.5 Å². The summed E-state index contributed by atoms with van der Waals surface area (Å²) < 4.78 is 0. The topological polar surface area (TPSA) is 29.3 Å². The van der Waals surface area contributed by atoms with E-state index in [1.165, 1.54) is 24.3 Å². The number of benzene rings is 1. The van der Waals surface area contributed by atoms with Gasteiger partial charge in [0.15, 0.2) is 0 Å². The van der Waals surface area contributed by atoms with Crippen LogP contribution in [-0.4, -0.2) is 13.1 Å². The molecule has 1 aliphatic rings. The molecular formula is C13H20N2. The van der Waals surface area contributed by atoms with Gasteiger partial charge >= 0.3 is 0 Å². The Kier molecular flexibility index (Phi) is 2.96. The predicted molar refractivity (Wildman–Crippen MR) is 64.9 cm³/mol. The van der Waals surface area contributed by atoms with E-state index in [-0.39, 0.29) is 0 Å². The second-order valence-corrected chi connectivity index (χ2v) is 4.74. The summed E-state index contributed by atoms with van der Waals surface area (Å²) >= 11 is 0. The maximum Gasteiger partial charge on any atom is 0.0411 e. The number of para-hydroxylation sites is 1. The minimum atomic E-state index is 0.638. The van der Waals surface area contributed by atoms with Gasteiger partial charge < -0.3 is 10.6 Å². The van der Waals surface area contributed by atoms with E-state index in [0.717, 1.165) is 11.8 Å². The summed E-state index contributed by atoms with van der Waals surface area (Å²) in [6.45, 7) is 7.62. The zero-order chi connectivity index (χ0) is 10.8. The molecule has 15 heavy (non-hydrogen) atoms. The molecule has 2 heteroatoms. The summed E-state index contributed by atoms with van der Waals surface area (Å²) in [4.78, 5) is 2.44. The first kappa shape index (κ1) is 10.5. The molecule has 1 aromatic carbocycles. The van der Waals surface area contributed by atoms with Crippen LogP contribution in [0.15, 0.2) is 24.3 Å². The standard InChI is InChI=1S/C13H20N2/c1-10(2)12-8-15(9-12)13-6-4-3-5-11(13)7-14/h3-6,10,12H,7-9,14H2,1-2H3. The van der Waals surface area contributed by atoms with E-state index >= 15 is 0 Å². The molecule has 0 amide bonds. The van der Waals surface area contributed by atoms with E-state index in [1.54, 1.807) is 0 Å². The van der Waals surface area contributed by atoms with Gasteiger partial charge in [-0.1, -0.05) is 32.0 Å². The van der Waals surface area contributed by atoms with E-state index in [9.17, 15) is 0 Å². The molecular weight excluding hydrogens is 184 g/mol. The van der Waals surface area contributed by atoms with E-state index < -0.39 is 0 Å². The molecule has 2 N–H and O–H groups in total. The number of hydrogen-bond donors (Lipinski definition) is 1. The van der Waals surface area contributed by atoms with Crippen LogP contribution >= 0.6 is 0 Å². The average Bonchev–Trinajstić information content (AvgIpc) is 2.15. The third kappa shape index (κ3) is 2.00. The second kappa shape index (κ2) is 4.23. The Labute approximate surface area is 92.1 Å². The number of nitrogens with zero attached hydrogens (tertiary/aromatic N) is 1. The molecule has 2 nitrogen and oxygen atoms in total. The van der Waals surface area contributed by atoms with Crippen LogP contribution in [0.4, 0.5) is 5.69 Å². The average molecular weight is 204 g/mol. The summed E-state index contributed by atoms with van der Waals surface area (Å²) in [5.74, 6) is 1.65. The highest BCUT2D eigenvalue weighted by molar-refractivity contribution is 5.55. The zero-order valence-corrected chi connectivity index (χ0v) is 9.61. The van der Waals surface area contributed by atoms with Crippen molar-refractivity contribution in [1.29, 1.82) is 0 Å². The van der Waals surface area contributed by atoms with Gasteiger partial charge in [0, 0.05) is 25.3 Å². The first-order valence-corrected chi connectivity index (χ1v) is 5.75. The molecule has 82 valence electrons. The van der Waals surface area contributed by atoms with E-state index in [2.05, 4.69) is 43.0 Å². The zero-order valence-electron chi connectivity index (χ0n) is 9.61. The Hall–Kier alpha value is -1.02. The number of rotatable bonds is 3. The molecule has 1 aromatic rings. The fourth-order valence-electron chi connectivity index (χ4n) is 2.12. The van der Waals surface area contributed by atoms with Crippen LogP contribution in [0.3, 0.4) is 0 Å². The number of hydrogen-bond acceptors (Lipinski definition) is 2. The molecule has 0 bridgehead atoms. The smallest absolute Gasteiger partial charge is 0.0411 e. The fraction of sp³-hybridized carbons (Fsp3) is 0.538. The van der Waals surface area contributed by atoms with Crippen molar-refractivity contribution in [3.8, 4) is 0 Å². The Bertz CT molecular complexity index is 327. The molecule has 0 unspecified atom stereocenters. The minimum Gasteiger partial charge on any atom is -0.371 e. The van der Waals surface area contributed by atoms with Gasteiger partial charge in [0.2, 0.25) is 0 Å². The van der Waals surface area contributed by atoms with Crippen molar-refractivity contribution in [3.63, 3.8) is 0 Å². The molecule has 2 rings (SSSR count). The monoisotopic (exact) mass is 204 g/mol. The van der Waals surface area contributed by atoms with Crippen molar-refractivity contribution < 1.29 is 0 Å². The lowest BCUT2D eigenvalue weighted by atomic mass is 9.87. The molecule has 0 spiro atoms. The van der Waals surface area contributed by atoms with Crippen LogP contribution in [-0.2, 0) is 6.54 Å². The first-order chi connectivity index (χ1) is 7.22. The largest absolute Gasteiger partial charge is 0.371 e. The van der Waals surface area contributed by atoms with Gasteiger partial charge in [-0.2, -0.15) is 0 Å². The third-order valence-corrected chi connectivity index (χ3v) is 3.40. The summed E-state index contributed by atoms with van der Waals surface area (Å²) in [6.07, 6.45) is 0. The van der Waals surface area contributed by atoms with Gasteiger partial charge in [-0.15, -0.1) is 0 Å². The minimum absolute atomic E-state index is 0.638. The Morgan fingerprint density at radius 1 is 1.33 bits per heavy atom. The Balaban J connectivity index is 2.06. The van der Waals surface area contributed by atoms with Gasteiger partial charge in [0.1, 0.15) is 0 Å². The Morgan fingerprint density at radius 2 is 2.00 bits per heavy atom. The van der Waals surface area contributed by atoms with Crippen LogP contribution in [0, 0.1) is 11.8 Å². The van der Waals surface area contributed by atoms with Gasteiger partial charge in [0.25, 0.3) is 0 Å². The van der Waals surface area contributed by atoms with Crippen molar-refractivity contribution >= 4 is 5.69 Å². The van der Waals surface area contributed by atoms with Gasteiger partial charge in [0.05, 0.1) is 0 Å². The highest BCUT2D eigenvalue weighted by atomic mass is 15.2. The van der Waals surface area contributed by atoms with Crippen LogP contribution in [0.5, 0.6) is 0 Å². The summed E-state index contributed by atoms with van der Waals surface area (Å²) in [5, 5.41) is 0. The maximum absolute atomic E-state index is 5.74. The van der Waals surface area contributed by atoms with Crippen molar-refractivity contribution in [2.24, 2.45) is 17.6 Å². The maximum atomic E-state index is 5.74. The number of nitrogens with two attached hydrogens (primary N) is 1. The highest BCUT2D eigenvalue weighted by Crippen LogP contribution is 2.31. The van der Waals surface area contributed by atoms with E-state index in [1.807, 2.05) is 0 Å². The van der Waals surface area contributed by atoms with Crippen LogP contribution in [0.2, 0.25) is 0 Å². The third-order valence-electron chi connectivity index (χ3n) is 3.40. The van der Waals surface area contributed by atoms with Crippen molar-refractivity contribution in [1.82, 2.24) is 0 Å². The molecule has 0 aliphatic carbocycles. The van der Waals surface area contributed by atoms with E-state index in [4.69, 9.17) is 5.73 Å².